The minimum Gasteiger partial charge on any atom is -0.355 e. The van der Waals surface area contributed by atoms with Crippen LogP contribution >= 0.6 is 23.1 Å². The van der Waals surface area contributed by atoms with Gasteiger partial charge >= 0.3 is 0 Å². The molecule has 3 aromatic heterocycles. The number of carbonyl (C=O) groups is 1. The first kappa shape index (κ1) is 19.9. The fraction of sp³-hybridized carbons (Fsp3) is 0.450. The number of aromatic nitrogens is 3. The molecule has 0 saturated carbocycles. The number of fused-ring (bicyclic) bond motifs is 1. The van der Waals surface area contributed by atoms with Gasteiger partial charge in [-0.1, -0.05) is 6.07 Å². The number of hydrogen-bond donors (Lipinski definition) is 1. The smallest absolute Gasteiger partial charge is 0.220 e. The van der Waals surface area contributed by atoms with Gasteiger partial charge in [0.15, 0.2) is 5.65 Å². The van der Waals surface area contributed by atoms with Crippen LogP contribution in [-0.2, 0) is 24.0 Å². The molecule has 0 fully saturated rings. The van der Waals surface area contributed by atoms with Crippen molar-refractivity contribution in [2.24, 2.45) is 7.05 Å². The summed E-state index contributed by atoms with van der Waals surface area (Å²) in [6.45, 7) is 6.85. The van der Waals surface area contributed by atoms with E-state index in [1.165, 1.54) is 16.0 Å². The molecule has 5 nitrogen and oxygen atoms in total. The average molecular weight is 403 g/mol. The summed E-state index contributed by atoms with van der Waals surface area (Å²) in [4.78, 5) is 18.3. The Kier molecular flexibility index (Phi) is 6.55. The molecule has 0 atom stereocenters. The first-order chi connectivity index (χ1) is 13.0. The van der Waals surface area contributed by atoms with Crippen molar-refractivity contribution in [3.8, 4) is 0 Å². The van der Waals surface area contributed by atoms with Gasteiger partial charge in [-0.3, -0.25) is 9.48 Å². The molecule has 0 bridgehead atoms. The first-order valence-electron chi connectivity index (χ1n) is 9.13. The number of carbonyl (C=O) groups excluding carboxylic acids is 1. The molecule has 0 aliphatic carbocycles. The molecule has 0 aromatic carbocycles. The van der Waals surface area contributed by atoms with E-state index in [4.69, 9.17) is 4.98 Å². The van der Waals surface area contributed by atoms with Gasteiger partial charge in [-0.25, -0.2) is 4.98 Å². The maximum atomic E-state index is 12.2. The molecule has 7 heteroatoms. The molecule has 3 aromatic rings. The van der Waals surface area contributed by atoms with Crippen molar-refractivity contribution in [2.45, 2.75) is 39.4 Å². The highest BCUT2D eigenvalue weighted by atomic mass is 32.2. The van der Waals surface area contributed by atoms with E-state index in [2.05, 4.69) is 34.9 Å². The van der Waals surface area contributed by atoms with Crippen LogP contribution in [0.3, 0.4) is 0 Å². The van der Waals surface area contributed by atoms with Crippen molar-refractivity contribution in [3.05, 3.63) is 44.9 Å². The summed E-state index contributed by atoms with van der Waals surface area (Å²) in [6, 6.07) is 4.22. The van der Waals surface area contributed by atoms with Crippen molar-refractivity contribution >= 4 is 40.0 Å². The first-order valence-corrected chi connectivity index (χ1v) is 11.2. The molecule has 0 unspecified atom stereocenters. The molecular weight excluding hydrogens is 376 g/mol. The third-order valence-electron chi connectivity index (χ3n) is 4.72. The maximum Gasteiger partial charge on any atom is 0.220 e. The van der Waals surface area contributed by atoms with Crippen LogP contribution in [0, 0.1) is 20.8 Å². The maximum absolute atomic E-state index is 12.2. The summed E-state index contributed by atoms with van der Waals surface area (Å²) >= 11 is 3.63. The van der Waals surface area contributed by atoms with Gasteiger partial charge < -0.3 is 5.32 Å². The number of nitrogens with zero attached hydrogens (tertiary/aromatic N) is 3. The van der Waals surface area contributed by atoms with E-state index >= 15 is 0 Å². The standard InChI is InChI=1S/C20H26N4OS2/c1-13-17(14(2)22-20-19(13)15(3)23-24(20)4)7-8-18(25)21-9-11-26-12-16-6-5-10-27-16/h5-6,10H,7-9,11-12H2,1-4H3,(H,21,25). The van der Waals surface area contributed by atoms with E-state index in [0.29, 0.717) is 19.4 Å². The summed E-state index contributed by atoms with van der Waals surface area (Å²) in [6.07, 6.45) is 1.20. The van der Waals surface area contributed by atoms with E-state index in [9.17, 15) is 4.79 Å². The third-order valence-corrected chi connectivity index (χ3v) is 6.79. The molecule has 144 valence electrons. The zero-order chi connectivity index (χ0) is 19.4. The second-order valence-electron chi connectivity index (χ2n) is 6.69. The number of nitrogens with one attached hydrogen (secondary N) is 1. The van der Waals surface area contributed by atoms with Crippen LogP contribution in [0.5, 0.6) is 0 Å². The summed E-state index contributed by atoms with van der Waals surface area (Å²) in [5.41, 5.74) is 5.26. The fourth-order valence-corrected chi connectivity index (χ4v) is 5.09. The molecule has 27 heavy (non-hydrogen) atoms. The number of thiophene rings is 1. The van der Waals surface area contributed by atoms with E-state index < -0.39 is 0 Å². The van der Waals surface area contributed by atoms with Gasteiger partial charge in [0.1, 0.15) is 0 Å². The molecular formula is C20H26N4OS2. The Morgan fingerprint density at radius 2 is 2.11 bits per heavy atom. The highest BCUT2D eigenvalue weighted by molar-refractivity contribution is 7.98. The predicted molar refractivity (Wildman–Crippen MR) is 115 cm³/mol. The second kappa shape index (κ2) is 8.89. The topological polar surface area (TPSA) is 59.8 Å². The Labute approximate surface area is 168 Å². The number of rotatable bonds is 8. The van der Waals surface area contributed by atoms with Gasteiger partial charge in [-0.15, -0.1) is 11.3 Å². The van der Waals surface area contributed by atoms with Crippen molar-refractivity contribution in [2.75, 3.05) is 12.3 Å². The fourth-order valence-electron chi connectivity index (χ4n) is 3.39. The average Bonchev–Trinajstić information content (AvgIpc) is 3.22. The predicted octanol–water partition coefficient (Wildman–Crippen LogP) is 3.94. The van der Waals surface area contributed by atoms with E-state index in [1.54, 1.807) is 11.3 Å². The summed E-state index contributed by atoms with van der Waals surface area (Å²) in [7, 11) is 1.92. The minimum absolute atomic E-state index is 0.105. The lowest BCUT2D eigenvalue weighted by Crippen LogP contribution is -2.26. The Morgan fingerprint density at radius 1 is 1.30 bits per heavy atom. The third kappa shape index (κ3) is 4.71. The van der Waals surface area contributed by atoms with Crippen molar-refractivity contribution < 1.29 is 4.79 Å². The molecule has 3 heterocycles. The van der Waals surface area contributed by atoms with Crippen LogP contribution in [0.1, 0.15) is 33.8 Å². The summed E-state index contributed by atoms with van der Waals surface area (Å²) in [5, 5.41) is 10.7. The second-order valence-corrected chi connectivity index (χ2v) is 8.83. The number of hydrogen-bond acceptors (Lipinski definition) is 5. The quantitative estimate of drug-likeness (QED) is 0.580. The Balaban J connectivity index is 1.50. The Morgan fingerprint density at radius 3 is 2.85 bits per heavy atom. The Hall–Kier alpha value is -1.86. The number of thioether (sulfide) groups is 1. The van der Waals surface area contributed by atoms with Gasteiger partial charge in [0.25, 0.3) is 0 Å². The zero-order valence-corrected chi connectivity index (χ0v) is 18.0. The number of pyridine rings is 1. The van der Waals surface area contributed by atoms with E-state index in [1.807, 2.05) is 37.3 Å². The summed E-state index contributed by atoms with van der Waals surface area (Å²) < 4.78 is 1.83. The van der Waals surface area contributed by atoms with Crippen LogP contribution in [0.15, 0.2) is 17.5 Å². The molecule has 1 N–H and O–H groups in total. The Bertz CT molecular complexity index is 932. The molecule has 0 aliphatic heterocycles. The van der Waals surface area contributed by atoms with Gasteiger partial charge in [0, 0.05) is 47.5 Å². The van der Waals surface area contributed by atoms with E-state index in [-0.39, 0.29) is 5.91 Å². The van der Waals surface area contributed by atoms with Crippen molar-refractivity contribution in [1.29, 1.82) is 0 Å². The lowest BCUT2D eigenvalue weighted by atomic mass is 9.99. The molecule has 0 aliphatic rings. The normalized spacial score (nSPS) is 11.3. The van der Waals surface area contributed by atoms with Gasteiger partial charge in [0.2, 0.25) is 5.91 Å². The SMILES string of the molecule is Cc1nc2c(c(C)nn2C)c(C)c1CCC(=O)NCCSCc1cccs1. The van der Waals surface area contributed by atoms with E-state index in [0.717, 1.165) is 33.9 Å². The molecule has 0 spiro atoms. The van der Waals surface area contributed by atoms with Crippen LogP contribution in [0.4, 0.5) is 0 Å². The highest BCUT2D eigenvalue weighted by Gasteiger charge is 2.16. The van der Waals surface area contributed by atoms with Crippen LogP contribution in [0.25, 0.3) is 11.0 Å². The lowest BCUT2D eigenvalue weighted by Gasteiger charge is -2.11. The highest BCUT2D eigenvalue weighted by Crippen LogP contribution is 2.26. The molecule has 0 saturated heterocycles. The van der Waals surface area contributed by atoms with Crippen LogP contribution < -0.4 is 5.32 Å². The van der Waals surface area contributed by atoms with Gasteiger partial charge in [-0.05, 0) is 49.8 Å². The minimum atomic E-state index is 0.105. The number of amides is 1. The molecule has 1 amide bonds. The number of aryl methyl sites for hydroxylation is 4. The molecule has 3 rings (SSSR count). The van der Waals surface area contributed by atoms with Crippen LogP contribution in [0.2, 0.25) is 0 Å². The monoisotopic (exact) mass is 402 g/mol. The zero-order valence-electron chi connectivity index (χ0n) is 16.3. The largest absolute Gasteiger partial charge is 0.355 e. The van der Waals surface area contributed by atoms with Gasteiger partial charge in [0.05, 0.1) is 5.69 Å². The van der Waals surface area contributed by atoms with Crippen molar-refractivity contribution in [3.63, 3.8) is 0 Å². The van der Waals surface area contributed by atoms with Gasteiger partial charge in [-0.2, -0.15) is 16.9 Å². The lowest BCUT2D eigenvalue weighted by molar-refractivity contribution is -0.120. The summed E-state index contributed by atoms with van der Waals surface area (Å²) in [5.74, 6) is 2.06. The van der Waals surface area contributed by atoms with Crippen LogP contribution in [-0.4, -0.2) is 33.0 Å². The van der Waals surface area contributed by atoms with Crippen molar-refractivity contribution in [1.82, 2.24) is 20.1 Å². The molecule has 0 radical (unpaired) electrons.